The van der Waals surface area contributed by atoms with Crippen molar-refractivity contribution in [1.29, 1.82) is 0 Å². The molecular weight excluding hydrogens is 380 g/mol. The minimum absolute atomic E-state index is 0.0865. The number of nitrogens with zero attached hydrogens (tertiary/aromatic N) is 2. The molecule has 2 heterocycles. The van der Waals surface area contributed by atoms with Crippen molar-refractivity contribution in [3.63, 3.8) is 0 Å². The van der Waals surface area contributed by atoms with E-state index < -0.39 is 0 Å². The molecule has 0 saturated carbocycles. The predicted molar refractivity (Wildman–Crippen MR) is 108 cm³/mol. The lowest BCUT2D eigenvalue weighted by molar-refractivity contribution is -0.117. The van der Waals surface area contributed by atoms with Gasteiger partial charge < -0.3 is 5.32 Å². The first-order valence-corrected chi connectivity index (χ1v) is 10.4. The number of thiazole rings is 2. The number of rotatable bonds is 4. The minimum Gasteiger partial charge on any atom is -0.301 e. The lowest BCUT2D eigenvalue weighted by Crippen LogP contribution is -2.24. The van der Waals surface area contributed by atoms with Crippen LogP contribution in [-0.2, 0) is 11.2 Å². The first kappa shape index (κ1) is 17.8. The quantitative estimate of drug-likeness (QED) is 0.689. The van der Waals surface area contributed by atoms with Crippen molar-refractivity contribution in [2.24, 2.45) is 0 Å². The summed E-state index contributed by atoms with van der Waals surface area (Å²) in [5, 5.41) is 8.80. The van der Waals surface area contributed by atoms with Gasteiger partial charge in [0.05, 0.1) is 17.3 Å². The number of fused-ring (bicyclic) bond motifs is 1. The second kappa shape index (κ2) is 7.58. The Kier molecular flexibility index (Phi) is 5.00. The first-order valence-electron chi connectivity index (χ1n) is 8.69. The third-order valence-corrected chi connectivity index (χ3v) is 6.30. The lowest BCUT2D eigenvalue weighted by atomic mass is 9.90. The van der Waals surface area contributed by atoms with Crippen LogP contribution >= 0.6 is 22.7 Å². The number of hydrogen-bond acceptors (Lipinski definition) is 6. The number of benzene rings is 1. The van der Waals surface area contributed by atoms with Gasteiger partial charge in [0, 0.05) is 15.8 Å². The van der Waals surface area contributed by atoms with E-state index in [1.54, 1.807) is 12.1 Å². The van der Waals surface area contributed by atoms with Crippen molar-refractivity contribution in [3.05, 3.63) is 57.5 Å². The Morgan fingerprint density at radius 2 is 1.93 bits per heavy atom. The molecule has 2 aromatic heterocycles. The molecule has 1 aliphatic rings. The van der Waals surface area contributed by atoms with Crippen LogP contribution in [0.25, 0.3) is 0 Å². The van der Waals surface area contributed by atoms with Gasteiger partial charge in [0.25, 0.3) is 5.91 Å². The van der Waals surface area contributed by atoms with Crippen molar-refractivity contribution in [1.82, 2.24) is 9.97 Å². The summed E-state index contributed by atoms with van der Waals surface area (Å²) in [6.07, 6.45) is 2.56. The van der Waals surface area contributed by atoms with E-state index in [1.807, 2.05) is 30.5 Å². The molecule has 6 nitrogen and oxygen atoms in total. The van der Waals surface area contributed by atoms with Gasteiger partial charge in [-0.1, -0.05) is 18.2 Å². The first-order chi connectivity index (χ1) is 13.1. The molecule has 1 aromatic carbocycles. The number of aryl methyl sites for hydroxylation is 2. The lowest BCUT2D eigenvalue weighted by Gasteiger charge is -2.19. The summed E-state index contributed by atoms with van der Waals surface area (Å²) < 4.78 is 0. The maximum atomic E-state index is 12.7. The van der Waals surface area contributed by atoms with E-state index in [2.05, 4.69) is 20.6 Å². The highest BCUT2D eigenvalue weighted by atomic mass is 32.1. The van der Waals surface area contributed by atoms with E-state index in [0.29, 0.717) is 15.8 Å². The summed E-state index contributed by atoms with van der Waals surface area (Å²) in [5.74, 6) is -0.589. The Morgan fingerprint density at radius 3 is 2.67 bits per heavy atom. The van der Waals surface area contributed by atoms with Crippen molar-refractivity contribution in [3.8, 4) is 0 Å². The topological polar surface area (TPSA) is 84.0 Å². The van der Waals surface area contributed by atoms with Crippen LogP contribution in [0.5, 0.6) is 0 Å². The van der Waals surface area contributed by atoms with Crippen molar-refractivity contribution >= 4 is 44.8 Å². The van der Waals surface area contributed by atoms with Gasteiger partial charge in [0.1, 0.15) is 0 Å². The van der Waals surface area contributed by atoms with Crippen LogP contribution in [0.2, 0.25) is 0 Å². The zero-order valence-electron chi connectivity index (χ0n) is 14.7. The van der Waals surface area contributed by atoms with Crippen LogP contribution in [0.4, 0.5) is 10.3 Å². The van der Waals surface area contributed by atoms with Crippen molar-refractivity contribution in [2.75, 3.05) is 10.6 Å². The SMILES string of the molecule is Cc1csc(NC(=O)[C@@H]2CCCc3sc(NC(=O)c4ccccc4)nc32)n1. The van der Waals surface area contributed by atoms with E-state index in [-0.39, 0.29) is 17.7 Å². The second-order valence-electron chi connectivity index (χ2n) is 6.38. The van der Waals surface area contributed by atoms with E-state index in [0.717, 1.165) is 35.5 Å². The van der Waals surface area contributed by atoms with E-state index in [4.69, 9.17) is 0 Å². The molecule has 8 heteroatoms. The fourth-order valence-electron chi connectivity index (χ4n) is 3.09. The molecule has 0 radical (unpaired) electrons. The summed E-state index contributed by atoms with van der Waals surface area (Å²) in [6.45, 7) is 1.90. The Labute approximate surface area is 164 Å². The summed E-state index contributed by atoms with van der Waals surface area (Å²) in [7, 11) is 0. The van der Waals surface area contributed by atoms with Gasteiger partial charge in [-0.3, -0.25) is 14.9 Å². The highest BCUT2D eigenvalue weighted by Gasteiger charge is 2.31. The Hall–Kier alpha value is -2.58. The molecule has 0 saturated heterocycles. The average molecular weight is 399 g/mol. The number of nitrogens with one attached hydrogen (secondary N) is 2. The number of hydrogen-bond donors (Lipinski definition) is 2. The summed E-state index contributed by atoms with van der Waals surface area (Å²) >= 11 is 2.87. The maximum absolute atomic E-state index is 12.7. The third kappa shape index (κ3) is 3.91. The van der Waals surface area contributed by atoms with Crippen LogP contribution in [0.15, 0.2) is 35.7 Å². The molecule has 2 amide bonds. The molecule has 2 N–H and O–H groups in total. The largest absolute Gasteiger partial charge is 0.301 e. The number of aromatic nitrogens is 2. The van der Waals surface area contributed by atoms with E-state index >= 15 is 0 Å². The molecule has 4 rings (SSSR count). The predicted octanol–water partition coefficient (Wildman–Crippen LogP) is 4.22. The fraction of sp³-hybridized carbons (Fsp3) is 0.263. The molecule has 0 aliphatic heterocycles. The number of anilines is 2. The van der Waals surface area contributed by atoms with Gasteiger partial charge in [-0.15, -0.1) is 22.7 Å². The molecule has 0 spiro atoms. The molecular formula is C19H18N4O2S2. The Morgan fingerprint density at radius 1 is 1.11 bits per heavy atom. The van der Waals surface area contributed by atoms with Crippen LogP contribution in [-0.4, -0.2) is 21.8 Å². The molecule has 0 fully saturated rings. The van der Waals surface area contributed by atoms with E-state index in [9.17, 15) is 9.59 Å². The normalized spacial score (nSPS) is 15.8. The zero-order valence-corrected chi connectivity index (χ0v) is 16.3. The van der Waals surface area contributed by atoms with Gasteiger partial charge >= 0.3 is 0 Å². The summed E-state index contributed by atoms with van der Waals surface area (Å²) in [4.78, 5) is 35.0. The highest BCUT2D eigenvalue weighted by Crippen LogP contribution is 2.37. The van der Waals surface area contributed by atoms with Crippen molar-refractivity contribution in [2.45, 2.75) is 32.1 Å². The third-order valence-electron chi connectivity index (χ3n) is 4.38. The van der Waals surface area contributed by atoms with Gasteiger partial charge in [-0.05, 0) is 38.3 Å². The zero-order chi connectivity index (χ0) is 18.8. The molecule has 0 bridgehead atoms. The van der Waals surface area contributed by atoms with Crippen LogP contribution in [0, 0.1) is 6.92 Å². The highest BCUT2D eigenvalue weighted by molar-refractivity contribution is 7.16. The maximum Gasteiger partial charge on any atom is 0.257 e. The monoisotopic (exact) mass is 398 g/mol. The van der Waals surface area contributed by atoms with Gasteiger partial charge in [0.2, 0.25) is 5.91 Å². The Bertz CT molecular complexity index is 981. The molecule has 1 atom stereocenters. The summed E-state index contributed by atoms with van der Waals surface area (Å²) in [6, 6.07) is 9.03. The number of carbonyl (C=O) groups is 2. The van der Waals surface area contributed by atoms with Crippen LogP contribution in [0.3, 0.4) is 0 Å². The van der Waals surface area contributed by atoms with E-state index in [1.165, 1.54) is 22.7 Å². The fourth-order valence-corrected chi connectivity index (χ4v) is 4.84. The smallest absolute Gasteiger partial charge is 0.257 e. The van der Waals surface area contributed by atoms with Gasteiger partial charge in [0.15, 0.2) is 10.3 Å². The van der Waals surface area contributed by atoms with Crippen molar-refractivity contribution < 1.29 is 9.59 Å². The van der Waals surface area contributed by atoms with Gasteiger partial charge in [-0.2, -0.15) is 0 Å². The van der Waals surface area contributed by atoms with Crippen LogP contribution < -0.4 is 10.6 Å². The summed E-state index contributed by atoms with van der Waals surface area (Å²) in [5.41, 5.74) is 2.25. The Balaban J connectivity index is 1.51. The minimum atomic E-state index is -0.309. The average Bonchev–Trinajstić information content (AvgIpc) is 3.27. The molecule has 1 aliphatic carbocycles. The molecule has 138 valence electrons. The number of carbonyl (C=O) groups excluding carboxylic acids is 2. The molecule has 3 aromatic rings. The number of amides is 2. The standard InChI is InChI=1S/C19H18N4O2S2/c1-11-10-26-18(20-11)23-17(25)13-8-5-9-14-15(13)21-19(27-14)22-16(24)12-6-3-2-4-7-12/h2-4,6-7,10,13H,5,8-9H2,1H3,(H,20,23,25)(H,21,22,24)/t13-/m1/s1. The molecule has 27 heavy (non-hydrogen) atoms. The van der Waals surface area contributed by atoms with Gasteiger partial charge in [-0.25, -0.2) is 9.97 Å². The second-order valence-corrected chi connectivity index (χ2v) is 8.32. The van der Waals surface area contributed by atoms with Crippen LogP contribution in [0.1, 0.15) is 45.4 Å². The molecule has 0 unspecified atom stereocenters.